The maximum atomic E-state index is 12.7. The predicted octanol–water partition coefficient (Wildman–Crippen LogP) is 3.63. The summed E-state index contributed by atoms with van der Waals surface area (Å²) in [5, 5.41) is 0. The summed E-state index contributed by atoms with van der Waals surface area (Å²) >= 11 is 0. The van der Waals surface area contributed by atoms with Crippen LogP contribution in [0.3, 0.4) is 0 Å². The Bertz CT molecular complexity index is 835. The van der Waals surface area contributed by atoms with E-state index in [4.69, 9.17) is 0 Å². The Balaban J connectivity index is 1.85. The number of carbonyl (C=O) groups excluding carboxylic acids is 1. The largest absolute Gasteiger partial charge is 0.295 e. The van der Waals surface area contributed by atoms with Crippen molar-refractivity contribution in [2.75, 3.05) is 0 Å². The molecule has 2 aromatic rings. The molecule has 1 fully saturated rings. The molecular weight excluding hydrogens is 322 g/mol. The van der Waals surface area contributed by atoms with Gasteiger partial charge in [0.2, 0.25) is 10.0 Å². The van der Waals surface area contributed by atoms with Gasteiger partial charge in [-0.1, -0.05) is 42.0 Å². The number of carbonyl (C=O) groups is 1. The van der Waals surface area contributed by atoms with Crippen LogP contribution in [0.25, 0.3) is 0 Å². The van der Waals surface area contributed by atoms with Crippen molar-refractivity contribution in [3.05, 3.63) is 65.2 Å². The Labute approximate surface area is 143 Å². The van der Waals surface area contributed by atoms with Crippen LogP contribution in [0, 0.1) is 12.8 Å². The SMILES string of the molecule is CC(=O)c1ccc(S(=O)(=O)NC(c2ccc(C)cc2)C2CC2)cc1. The monoisotopic (exact) mass is 343 g/mol. The Morgan fingerprint density at radius 3 is 2.12 bits per heavy atom. The first-order valence-corrected chi connectivity index (χ1v) is 9.55. The molecule has 0 aromatic heterocycles. The first-order chi connectivity index (χ1) is 11.4. The minimum absolute atomic E-state index is 0.0811. The van der Waals surface area contributed by atoms with E-state index in [-0.39, 0.29) is 16.7 Å². The molecule has 1 unspecified atom stereocenters. The number of nitrogens with one attached hydrogen (secondary N) is 1. The van der Waals surface area contributed by atoms with E-state index in [1.165, 1.54) is 19.1 Å². The van der Waals surface area contributed by atoms with Gasteiger partial charge in [-0.2, -0.15) is 0 Å². The molecule has 0 bridgehead atoms. The summed E-state index contributed by atoms with van der Waals surface area (Å²) in [6, 6.07) is 13.8. The quantitative estimate of drug-likeness (QED) is 0.815. The van der Waals surface area contributed by atoms with Gasteiger partial charge in [-0.25, -0.2) is 13.1 Å². The predicted molar refractivity (Wildman–Crippen MR) is 93.4 cm³/mol. The number of benzene rings is 2. The molecule has 1 N–H and O–H groups in total. The molecular formula is C19H21NO3S. The highest BCUT2D eigenvalue weighted by Crippen LogP contribution is 2.41. The second kappa shape index (κ2) is 6.49. The number of rotatable bonds is 6. The van der Waals surface area contributed by atoms with Crippen molar-refractivity contribution in [3.63, 3.8) is 0 Å². The highest BCUT2D eigenvalue weighted by molar-refractivity contribution is 7.89. The summed E-state index contributed by atoms with van der Waals surface area (Å²) in [4.78, 5) is 11.5. The zero-order valence-electron chi connectivity index (χ0n) is 13.8. The normalized spacial score (nSPS) is 15.9. The second-order valence-corrected chi connectivity index (χ2v) is 8.14. The standard InChI is InChI=1S/C19H21NO3S/c1-13-3-5-16(6-4-13)19(17-7-8-17)20-24(22,23)18-11-9-15(10-12-18)14(2)21/h3-6,9-12,17,19-20H,7-8H2,1-2H3. The molecule has 126 valence electrons. The highest BCUT2D eigenvalue weighted by atomic mass is 32.2. The molecule has 0 amide bonds. The fourth-order valence-corrected chi connectivity index (χ4v) is 4.04. The molecule has 0 saturated heterocycles. The van der Waals surface area contributed by atoms with E-state index in [0.717, 1.165) is 24.0 Å². The van der Waals surface area contributed by atoms with Crippen molar-refractivity contribution < 1.29 is 13.2 Å². The highest BCUT2D eigenvalue weighted by Gasteiger charge is 2.35. The van der Waals surface area contributed by atoms with Crippen LogP contribution in [0.15, 0.2) is 53.4 Å². The average molecular weight is 343 g/mol. The lowest BCUT2D eigenvalue weighted by molar-refractivity contribution is 0.101. The molecule has 0 heterocycles. The molecule has 1 atom stereocenters. The van der Waals surface area contributed by atoms with Gasteiger partial charge >= 0.3 is 0 Å². The molecule has 1 aliphatic carbocycles. The third kappa shape index (κ3) is 3.74. The molecule has 0 aliphatic heterocycles. The number of hydrogen-bond donors (Lipinski definition) is 1. The molecule has 0 radical (unpaired) electrons. The number of sulfonamides is 1. The number of hydrogen-bond acceptors (Lipinski definition) is 3. The number of Topliss-reactive ketones (excluding diaryl/α,β-unsaturated/α-hetero) is 1. The fourth-order valence-electron chi connectivity index (χ4n) is 2.74. The van der Waals surface area contributed by atoms with Crippen molar-refractivity contribution in [2.24, 2.45) is 5.92 Å². The first kappa shape index (κ1) is 16.9. The van der Waals surface area contributed by atoms with E-state index in [9.17, 15) is 13.2 Å². The fraction of sp³-hybridized carbons (Fsp3) is 0.316. The van der Waals surface area contributed by atoms with Gasteiger partial charge in [-0.3, -0.25) is 4.79 Å². The van der Waals surface area contributed by atoms with Gasteiger partial charge in [0.15, 0.2) is 5.78 Å². The van der Waals surface area contributed by atoms with Crippen molar-refractivity contribution >= 4 is 15.8 Å². The topological polar surface area (TPSA) is 63.2 Å². The number of aryl methyl sites for hydroxylation is 1. The average Bonchev–Trinajstić information content (AvgIpc) is 3.38. The maximum absolute atomic E-state index is 12.7. The summed E-state index contributed by atoms with van der Waals surface area (Å²) in [7, 11) is -3.63. The van der Waals surface area contributed by atoms with Crippen molar-refractivity contribution in [2.45, 2.75) is 37.6 Å². The van der Waals surface area contributed by atoms with Crippen LogP contribution in [0.5, 0.6) is 0 Å². The molecule has 2 aromatic carbocycles. The first-order valence-electron chi connectivity index (χ1n) is 8.07. The summed E-state index contributed by atoms with van der Waals surface area (Å²) in [5.41, 5.74) is 2.65. The zero-order valence-corrected chi connectivity index (χ0v) is 14.6. The van der Waals surface area contributed by atoms with Crippen LogP contribution in [0.1, 0.15) is 47.3 Å². The smallest absolute Gasteiger partial charge is 0.241 e. The number of ketones is 1. The van der Waals surface area contributed by atoms with Crippen LogP contribution >= 0.6 is 0 Å². The minimum Gasteiger partial charge on any atom is -0.295 e. The van der Waals surface area contributed by atoms with Gasteiger partial charge in [-0.05, 0) is 50.3 Å². The van der Waals surface area contributed by atoms with E-state index in [0.29, 0.717) is 11.5 Å². The third-order valence-electron chi connectivity index (χ3n) is 4.38. The van der Waals surface area contributed by atoms with Crippen molar-refractivity contribution in [3.8, 4) is 0 Å². The van der Waals surface area contributed by atoms with Crippen molar-refractivity contribution in [1.82, 2.24) is 4.72 Å². The van der Waals surface area contributed by atoms with Gasteiger partial charge in [0.1, 0.15) is 0 Å². The molecule has 5 heteroatoms. The Hall–Kier alpha value is -1.98. The lowest BCUT2D eigenvalue weighted by Gasteiger charge is -2.19. The van der Waals surface area contributed by atoms with Crippen LogP contribution in [-0.2, 0) is 10.0 Å². The molecule has 1 saturated carbocycles. The summed E-state index contributed by atoms with van der Waals surface area (Å²) in [6.45, 7) is 3.47. The van der Waals surface area contributed by atoms with Crippen LogP contribution in [0.2, 0.25) is 0 Å². The zero-order chi connectivity index (χ0) is 17.3. The maximum Gasteiger partial charge on any atom is 0.241 e. The van der Waals surface area contributed by atoms with E-state index in [2.05, 4.69) is 4.72 Å². The van der Waals surface area contributed by atoms with E-state index in [1.807, 2.05) is 31.2 Å². The van der Waals surface area contributed by atoms with Gasteiger partial charge in [-0.15, -0.1) is 0 Å². The Morgan fingerprint density at radius 2 is 1.62 bits per heavy atom. The van der Waals surface area contributed by atoms with E-state index < -0.39 is 10.0 Å². The summed E-state index contributed by atoms with van der Waals surface area (Å²) < 4.78 is 28.2. The molecule has 0 spiro atoms. The second-order valence-electron chi connectivity index (χ2n) is 6.43. The summed E-state index contributed by atoms with van der Waals surface area (Å²) in [6.07, 6.45) is 2.06. The molecule has 24 heavy (non-hydrogen) atoms. The van der Waals surface area contributed by atoms with Gasteiger partial charge in [0, 0.05) is 11.6 Å². The van der Waals surface area contributed by atoms with Gasteiger partial charge < -0.3 is 0 Å². The Morgan fingerprint density at radius 1 is 1.04 bits per heavy atom. The van der Waals surface area contributed by atoms with Crippen LogP contribution < -0.4 is 4.72 Å². The van der Waals surface area contributed by atoms with E-state index >= 15 is 0 Å². The van der Waals surface area contributed by atoms with Gasteiger partial charge in [0.05, 0.1) is 4.90 Å². The third-order valence-corrected chi connectivity index (χ3v) is 5.84. The molecule has 4 nitrogen and oxygen atoms in total. The summed E-state index contributed by atoms with van der Waals surface area (Å²) in [5.74, 6) is 0.265. The van der Waals surface area contributed by atoms with Crippen LogP contribution in [0.4, 0.5) is 0 Å². The van der Waals surface area contributed by atoms with Crippen molar-refractivity contribution in [1.29, 1.82) is 0 Å². The van der Waals surface area contributed by atoms with Gasteiger partial charge in [0.25, 0.3) is 0 Å². The lowest BCUT2D eigenvalue weighted by atomic mass is 10.0. The van der Waals surface area contributed by atoms with E-state index in [1.54, 1.807) is 12.1 Å². The molecule has 3 rings (SSSR count). The lowest BCUT2D eigenvalue weighted by Crippen LogP contribution is -2.30. The molecule has 1 aliphatic rings. The minimum atomic E-state index is -3.63. The Kier molecular flexibility index (Phi) is 4.56. The van der Waals surface area contributed by atoms with Crippen LogP contribution in [-0.4, -0.2) is 14.2 Å².